The van der Waals surface area contributed by atoms with Crippen molar-refractivity contribution in [1.82, 2.24) is 4.98 Å². The molecule has 0 saturated heterocycles. The van der Waals surface area contributed by atoms with E-state index in [1.54, 1.807) is 12.3 Å². The second kappa shape index (κ2) is 4.25. The van der Waals surface area contributed by atoms with Crippen LogP contribution in [-0.4, -0.2) is 28.1 Å². The predicted octanol–water partition coefficient (Wildman–Crippen LogP) is 0.924. The summed E-state index contributed by atoms with van der Waals surface area (Å²) in [5.41, 5.74) is 0.723. The maximum atomic E-state index is 8.70. The number of hydrogen-bond acceptors (Lipinski definition) is 4. The van der Waals surface area contributed by atoms with Gasteiger partial charge in [-0.2, -0.15) is 0 Å². The van der Waals surface area contributed by atoms with Gasteiger partial charge in [0.2, 0.25) is 0 Å². The molecule has 0 unspecified atom stereocenters. The maximum absolute atomic E-state index is 8.70. The molecule has 1 aromatic heterocycles. The number of nitrogens with zero attached hydrogens (tertiary/aromatic N) is 1. The predicted molar refractivity (Wildman–Crippen MR) is 55.5 cm³/mol. The van der Waals surface area contributed by atoms with Crippen LogP contribution in [-0.2, 0) is 0 Å². The van der Waals surface area contributed by atoms with Crippen LogP contribution in [0.2, 0.25) is 0 Å². The molecule has 2 N–H and O–H groups in total. The highest BCUT2D eigenvalue weighted by molar-refractivity contribution is 5.84. The molecular weight excluding hydrogens is 194 g/mol. The summed E-state index contributed by atoms with van der Waals surface area (Å²) in [4.78, 5) is 4.17. The zero-order valence-corrected chi connectivity index (χ0v) is 8.00. The third-order valence-corrected chi connectivity index (χ3v) is 1.98. The molecule has 1 heterocycles. The molecule has 0 aliphatic rings. The van der Waals surface area contributed by atoms with Crippen LogP contribution in [0.15, 0.2) is 36.5 Å². The Balaban J connectivity index is 2.34. The molecule has 15 heavy (non-hydrogen) atoms. The van der Waals surface area contributed by atoms with E-state index in [-0.39, 0.29) is 6.61 Å². The lowest BCUT2D eigenvalue weighted by Gasteiger charge is -2.09. The molecule has 78 valence electrons. The largest absolute Gasteiger partial charge is 0.486 e. The number of aliphatic hydroxyl groups excluding tert-OH is 1. The lowest BCUT2D eigenvalue weighted by atomic mass is 10.2. The Morgan fingerprint density at radius 1 is 1.20 bits per heavy atom. The summed E-state index contributed by atoms with van der Waals surface area (Å²) in [7, 11) is 0. The number of pyridine rings is 1. The van der Waals surface area contributed by atoms with Gasteiger partial charge in [0, 0.05) is 11.6 Å². The van der Waals surface area contributed by atoms with Gasteiger partial charge in [-0.05, 0) is 12.1 Å². The Kier molecular flexibility index (Phi) is 2.80. The van der Waals surface area contributed by atoms with Gasteiger partial charge >= 0.3 is 0 Å². The van der Waals surface area contributed by atoms with Crippen LogP contribution < -0.4 is 4.74 Å². The van der Waals surface area contributed by atoms with E-state index in [1.807, 2.05) is 24.3 Å². The second-order valence-electron chi connectivity index (χ2n) is 3.12. The van der Waals surface area contributed by atoms with E-state index in [1.165, 1.54) is 0 Å². The Labute approximate surface area is 86.8 Å². The first-order valence-corrected chi connectivity index (χ1v) is 4.60. The van der Waals surface area contributed by atoms with E-state index in [2.05, 4.69) is 4.98 Å². The van der Waals surface area contributed by atoms with E-state index in [0.717, 1.165) is 10.9 Å². The van der Waals surface area contributed by atoms with Crippen LogP contribution in [0.3, 0.4) is 0 Å². The van der Waals surface area contributed by atoms with Gasteiger partial charge in [0.15, 0.2) is 6.29 Å². The molecule has 0 bridgehead atoms. The molecule has 0 fully saturated rings. The first kappa shape index (κ1) is 9.89. The molecule has 4 nitrogen and oxygen atoms in total. The van der Waals surface area contributed by atoms with Gasteiger partial charge in [-0.1, -0.05) is 18.2 Å². The molecule has 0 atom stereocenters. The van der Waals surface area contributed by atoms with Gasteiger partial charge in [0.25, 0.3) is 0 Å². The quantitative estimate of drug-likeness (QED) is 0.731. The first-order chi connectivity index (χ1) is 7.27. The molecule has 0 spiro atoms. The van der Waals surface area contributed by atoms with Gasteiger partial charge in [0.05, 0.1) is 0 Å². The number of ether oxygens (including phenoxy) is 1. The second-order valence-corrected chi connectivity index (χ2v) is 3.12. The fourth-order valence-corrected chi connectivity index (χ4v) is 1.36. The third kappa shape index (κ3) is 2.23. The van der Waals surface area contributed by atoms with Gasteiger partial charge in [-0.15, -0.1) is 0 Å². The fourth-order valence-electron chi connectivity index (χ4n) is 1.36. The smallest absolute Gasteiger partial charge is 0.186 e. The molecule has 1 aromatic carbocycles. The first-order valence-electron chi connectivity index (χ1n) is 4.60. The monoisotopic (exact) mass is 205 g/mol. The molecule has 0 aliphatic heterocycles. The van der Waals surface area contributed by atoms with Gasteiger partial charge < -0.3 is 14.9 Å². The van der Waals surface area contributed by atoms with Crippen LogP contribution in [0, 0.1) is 0 Å². The summed E-state index contributed by atoms with van der Waals surface area (Å²) in [5.74, 6) is 0.557. The van der Waals surface area contributed by atoms with Crippen molar-refractivity contribution in [2.45, 2.75) is 6.29 Å². The van der Waals surface area contributed by atoms with Crippen LogP contribution in [0.5, 0.6) is 5.75 Å². The number of benzene rings is 1. The zero-order valence-electron chi connectivity index (χ0n) is 8.00. The van der Waals surface area contributed by atoms with Crippen molar-refractivity contribution in [2.75, 3.05) is 6.61 Å². The highest BCUT2D eigenvalue weighted by Crippen LogP contribution is 2.22. The molecular formula is C11H11NO3. The molecule has 2 rings (SSSR count). The van der Waals surface area contributed by atoms with Crippen LogP contribution in [0.1, 0.15) is 0 Å². The SMILES string of the molecule is OC(O)COc1cccc2cccnc12. The number of aromatic nitrogens is 1. The third-order valence-electron chi connectivity index (χ3n) is 1.98. The molecule has 0 amide bonds. The maximum Gasteiger partial charge on any atom is 0.186 e. The van der Waals surface area contributed by atoms with E-state index in [4.69, 9.17) is 14.9 Å². The minimum absolute atomic E-state index is 0.157. The molecule has 4 heteroatoms. The van der Waals surface area contributed by atoms with Crippen molar-refractivity contribution in [3.8, 4) is 5.75 Å². The fraction of sp³-hybridized carbons (Fsp3) is 0.182. The van der Waals surface area contributed by atoms with Crippen molar-refractivity contribution in [3.63, 3.8) is 0 Å². The molecule has 0 radical (unpaired) electrons. The molecule has 0 aliphatic carbocycles. The summed E-state index contributed by atoms with van der Waals surface area (Å²) < 4.78 is 5.22. The Hall–Kier alpha value is -1.65. The van der Waals surface area contributed by atoms with Crippen LogP contribution in [0.25, 0.3) is 10.9 Å². The summed E-state index contributed by atoms with van der Waals surface area (Å²) in [6.45, 7) is -0.157. The molecule has 0 saturated carbocycles. The highest BCUT2D eigenvalue weighted by Gasteiger charge is 2.04. The van der Waals surface area contributed by atoms with Crippen molar-refractivity contribution < 1.29 is 14.9 Å². The number of aliphatic hydroxyl groups is 2. The lowest BCUT2D eigenvalue weighted by molar-refractivity contribution is -0.0678. The minimum atomic E-state index is -1.47. The van der Waals surface area contributed by atoms with Gasteiger partial charge in [0.1, 0.15) is 17.9 Å². The van der Waals surface area contributed by atoms with E-state index < -0.39 is 6.29 Å². The summed E-state index contributed by atoms with van der Waals surface area (Å²) in [6, 6.07) is 9.27. The van der Waals surface area contributed by atoms with Crippen LogP contribution >= 0.6 is 0 Å². The highest BCUT2D eigenvalue weighted by atomic mass is 16.5. The summed E-state index contributed by atoms with van der Waals surface area (Å²) >= 11 is 0. The zero-order chi connectivity index (χ0) is 10.7. The van der Waals surface area contributed by atoms with Crippen molar-refractivity contribution in [1.29, 1.82) is 0 Å². The van der Waals surface area contributed by atoms with E-state index in [9.17, 15) is 0 Å². The summed E-state index contributed by atoms with van der Waals surface area (Å²) in [6.07, 6.45) is 0.203. The normalized spacial score (nSPS) is 10.9. The summed E-state index contributed by atoms with van der Waals surface area (Å²) in [5, 5.41) is 18.4. The Bertz CT molecular complexity index is 451. The number of rotatable bonds is 3. The van der Waals surface area contributed by atoms with Crippen LogP contribution in [0.4, 0.5) is 0 Å². The van der Waals surface area contributed by atoms with Gasteiger partial charge in [-0.3, -0.25) is 4.98 Å². The minimum Gasteiger partial charge on any atom is -0.486 e. The lowest BCUT2D eigenvalue weighted by Crippen LogP contribution is -2.16. The standard InChI is InChI=1S/C11H11NO3/c13-10(14)7-15-9-5-1-3-8-4-2-6-12-11(8)9/h1-6,10,13-14H,7H2. The number of fused-ring (bicyclic) bond motifs is 1. The molecule has 2 aromatic rings. The van der Waals surface area contributed by atoms with Crippen molar-refractivity contribution in [2.24, 2.45) is 0 Å². The Morgan fingerprint density at radius 2 is 2.00 bits per heavy atom. The van der Waals surface area contributed by atoms with Crippen molar-refractivity contribution in [3.05, 3.63) is 36.5 Å². The number of hydrogen-bond donors (Lipinski definition) is 2. The van der Waals surface area contributed by atoms with Crippen molar-refractivity contribution >= 4 is 10.9 Å². The average Bonchev–Trinajstić information content (AvgIpc) is 2.26. The van der Waals surface area contributed by atoms with Gasteiger partial charge in [-0.25, -0.2) is 0 Å². The number of para-hydroxylation sites is 1. The Morgan fingerprint density at radius 3 is 2.80 bits per heavy atom. The van der Waals surface area contributed by atoms with E-state index >= 15 is 0 Å². The topological polar surface area (TPSA) is 62.6 Å². The van der Waals surface area contributed by atoms with E-state index in [0.29, 0.717) is 5.75 Å². The average molecular weight is 205 g/mol.